The minimum atomic E-state index is 0.247. The van der Waals surface area contributed by atoms with Crippen LogP contribution >= 0.6 is 0 Å². The van der Waals surface area contributed by atoms with Crippen molar-refractivity contribution in [1.29, 1.82) is 5.26 Å². The van der Waals surface area contributed by atoms with E-state index in [-0.39, 0.29) is 5.82 Å². The third kappa shape index (κ3) is 3.05. The maximum Gasteiger partial charge on any atom is 0.142 e. The highest BCUT2D eigenvalue weighted by atomic mass is 16.5. The van der Waals surface area contributed by atoms with Crippen LogP contribution in [0.3, 0.4) is 0 Å². The molecule has 0 fully saturated rings. The first-order chi connectivity index (χ1) is 12.2. The van der Waals surface area contributed by atoms with Crippen molar-refractivity contribution in [3.8, 4) is 34.2 Å². The van der Waals surface area contributed by atoms with Crippen LogP contribution in [-0.4, -0.2) is 12.1 Å². The van der Waals surface area contributed by atoms with E-state index in [4.69, 9.17) is 10.5 Å². The normalized spacial score (nSPS) is 10.3. The molecule has 2 aromatic carbocycles. The van der Waals surface area contributed by atoms with Gasteiger partial charge in [-0.3, -0.25) is 0 Å². The summed E-state index contributed by atoms with van der Waals surface area (Å²) in [5.41, 5.74) is 11.1. The molecule has 3 aromatic rings. The Bertz CT molecular complexity index is 943. The molecular weight excluding hydrogens is 310 g/mol. The van der Waals surface area contributed by atoms with Gasteiger partial charge in [-0.25, -0.2) is 4.98 Å². The van der Waals surface area contributed by atoms with Gasteiger partial charge in [0.2, 0.25) is 0 Å². The molecule has 2 N–H and O–H groups in total. The highest BCUT2D eigenvalue weighted by Crippen LogP contribution is 2.37. The fourth-order valence-electron chi connectivity index (χ4n) is 3.03. The van der Waals surface area contributed by atoms with E-state index < -0.39 is 0 Å². The minimum Gasteiger partial charge on any atom is -0.497 e. The van der Waals surface area contributed by atoms with Crippen LogP contribution in [-0.2, 0) is 6.42 Å². The number of rotatable bonds is 4. The summed E-state index contributed by atoms with van der Waals surface area (Å²) in [6.07, 6.45) is 0.735. The number of nitriles is 1. The second-order valence-electron chi connectivity index (χ2n) is 5.64. The molecule has 0 radical (unpaired) electrons. The van der Waals surface area contributed by atoms with Crippen molar-refractivity contribution in [3.63, 3.8) is 0 Å². The first-order valence-electron chi connectivity index (χ1n) is 8.11. The molecule has 0 saturated heterocycles. The molecule has 0 unspecified atom stereocenters. The maximum absolute atomic E-state index is 9.67. The van der Waals surface area contributed by atoms with Crippen LogP contribution in [0.1, 0.15) is 18.1 Å². The third-order valence-corrected chi connectivity index (χ3v) is 4.20. The van der Waals surface area contributed by atoms with Gasteiger partial charge in [0.05, 0.1) is 12.8 Å². The van der Waals surface area contributed by atoms with Crippen LogP contribution < -0.4 is 10.5 Å². The van der Waals surface area contributed by atoms with Gasteiger partial charge in [0, 0.05) is 11.1 Å². The zero-order valence-corrected chi connectivity index (χ0v) is 14.3. The standard InChI is InChI=1S/C21H19N3O/c1-3-17-19(15-10-7-11-16(12-15)25-2)18(13-22)21(23)24-20(17)14-8-5-4-6-9-14/h4-12H,3H2,1-2H3,(H2,23,24). The molecule has 0 bridgehead atoms. The van der Waals surface area contributed by atoms with E-state index in [1.807, 2.05) is 54.6 Å². The van der Waals surface area contributed by atoms with Gasteiger partial charge in [0.25, 0.3) is 0 Å². The summed E-state index contributed by atoms with van der Waals surface area (Å²) in [7, 11) is 1.63. The van der Waals surface area contributed by atoms with Gasteiger partial charge in [0.15, 0.2) is 0 Å². The summed E-state index contributed by atoms with van der Waals surface area (Å²) >= 11 is 0. The quantitative estimate of drug-likeness (QED) is 0.768. The van der Waals surface area contributed by atoms with E-state index in [1.54, 1.807) is 7.11 Å². The second kappa shape index (κ2) is 7.06. The molecule has 1 aromatic heterocycles. The van der Waals surface area contributed by atoms with Gasteiger partial charge in [-0.15, -0.1) is 0 Å². The molecule has 0 spiro atoms. The minimum absolute atomic E-state index is 0.247. The fourth-order valence-corrected chi connectivity index (χ4v) is 3.03. The highest BCUT2D eigenvalue weighted by molar-refractivity contribution is 5.84. The van der Waals surface area contributed by atoms with Crippen molar-refractivity contribution in [2.24, 2.45) is 0 Å². The molecule has 4 nitrogen and oxygen atoms in total. The van der Waals surface area contributed by atoms with Gasteiger partial charge in [-0.2, -0.15) is 5.26 Å². The molecule has 0 aliphatic rings. The van der Waals surface area contributed by atoms with E-state index in [9.17, 15) is 5.26 Å². The molecule has 4 heteroatoms. The van der Waals surface area contributed by atoms with E-state index in [0.29, 0.717) is 5.56 Å². The number of nitrogens with zero attached hydrogens (tertiary/aromatic N) is 2. The number of benzene rings is 2. The average Bonchev–Trinajstić information content (AvgIpc) is 2.67. The highest BCUT2D eigenvalue weighted by Gasteiger charge is 2.20. The summed E-state index contributed by atoms with van der Waals surface area (Å²) in [6, 6.07) is 19.8. The van der Waals surface area contributed by atoms with Crippen LogP contribution in [0.5, 0.6) is 5.75 Å². The van der Waals surface area contributed by atoms with E-state index in [1.165, 1.54) is 0 Å². The lowest BCUT2D eigenvalue weighted by Gasteiger charge is -2.17. The molecule has 0 atom stereocenters. The third-order valence-electron chi connectivity index (χ3n) is 4.20. The maximum atomic E-state index is 9.67. The van der Waals surface area contributed by atoms with Crippen molar-refractivity contribution >= 4 is 5.82 Å². The summed E-state index contributed by atoms with van der Waals surface area (Å²) in [5.74, 6) is 0.983. The molecule has 0 aliphatic carbocycles. The number of ether oxygens (including phenoxy) is 1. The SMILES string of the molecule is CCc1c(-c2ccccc2)nc(N)c(C#N)c1-c1cccc(OC)c1. The summed E-state index contributed by atoms with van der Waals surface area (Å²) in [4.78, 5) is 4.54. The first kappa shape index (κ1) is 16.5. The zero-order chi connectivity index (χ0) is 17.8. The Kier molecular flexibility index (Phi) is 4.67. The number of nitrogen functional groups attached to an aromatic ring is 1. The summed E-state index contributed by atoms with van der Waals surface area (Å²) < 4.78 is 5.34. The van der Waals surface area contributed by atoms with Gasteiger partial charge >= 0.3 is 0 Å². The number of pyridine rings is 1. The van der Waals surface area contributed by atoms with E-state index >= 15 is 0 Å². The van der Waals surface area contributed by atoms with Crippen LogP contribution in [0.2, 0.25) is 0 Å². The van der Waals surface area contributed by atoms with Gasteiger partial charge in [0.1, 0.15) is 23.2 Å². The largest absolute Gasteiger partial charge is 0.497 e. The van der Waals surface area contributed by atoms with Crippen molar-refractivity contribution in [3.05, 3.63) is 65.7 Å². The van der Waals surface area contributed by atoms with Gasteiger partial charge in [-0.1, -0.05) is 49.4 Å². The monoisotopic (exact) mass is 329 g/mol. The fraction of sp³-hybridized carbons (Fsp3) is 0.143. The number of methoxy groups -OCH3 is 1. The van der Waals surface area contributed by atoms with Crippen LogP contribution in [0, 0.1) is 11.3 Å². The van der Waals surface area contributed by atoms with Crippen LogP contribution in [0.4, 0.5) is 5.82 Å². The van der Waals surface area contributed by atoms with Crippen LogP contribution in [0.15, 0.2) is 54.6 Å². The Labute approximate surface area is 147 Å². The summed E-state index contributed by atoms with van der Waals surface area (Å²) in [6.45, 7) is 2.06. The molecule has 0 aliphatic heterocycles. The van der Waals surface area contributed by atoms with Crippen molar-refractivity contribution in [2.45, 2.75) is 13.3 Å². The van der Waals surface area contributed by atoms with Crippen molar-refractivity contribution < 1.29 is 4.74 Å². The smallest absolute Gasteiger partial charge is 0.142 e. The zero-order valence-electron chi connectivity index (χ0n) is 14.3. The van der Waals surface area contributed by atoms with Crippen LogP contribution in [0.25, 0.3) is 22.4 Å². The first-order valence-corrected chi connectivity index (χ1v) is 8.11. The number of aromatic nitrogens is 1. The topological polar surface area (TPSA) is 71.9 Å². The molecule has 0 saturated carbocycles. The molecular formula is C21H19N3O. The number of hydrogen-bond donors (Lipinski definition) is 1. The Hall–Kier alpha value is -3.32. The molecule has 124 valence electrons. The number of nitrogens with two attached hydrogens (primary N) is 1. The Morgan fingerprint density at radius 3 is 2.44 bits per heavy atom. The lowest BCUT2D eigenvalue weighted by molar-refractivity contribution is 0.415. The molecule has 1 heterocycles. The molecule has 0 amide bonds. The Morgan fingerprint density at radius 1 is 1.08 bits per heavy atom. The number of hydrogen-bond acceptors (Lipinski definition) is 4. The average molecular weight is 329 g/mol. The lowest BCUT2D eigenvalue weighted by atomic mass is 9.90. The molecule has 25 heavy (non-hydrogen) atoms. The lowest BCUT2D eigenvalue weighted by Crippen LogP contribution is -2.05. The number of anilines is 1. The predicted octanol–water partition coefficient (Wildman–Crippen LogP) is 4.44. The molecule has 3 rings (SSSR count). The van der Waals surface area contributed by atoms with E-state index in [2.05, 4.69) is 18.0 Å². The van der Waals surface area contributed by atoms with E-state index in [0.717, 1.165) is 40.1 Å². The van der Waals surface area contributed by atoms with Crippen molar-refractivity contribution in [2.75, 3.05) is 12.8 Å². The summed E-state index contributed by atoms with van der Waals surface area (Å²) in [5, 5.41) is 9.67. The Morgan fingerprint density at radius 2 is 1.80 bits per heavy atom. The van der Waals surface area contributed by atoms with Gasteiger partial charge < -0.3 is 10.5 Å². The van der Waals surface area contributed by atoms with Crippen molar-refractivity contribution in [1.82, 2.24) is 4.98 Å². The second-order valence-corrected chi connectivity index (χ2v) is 5.64. The Balaban J connectivity index is 2.36. The van der Waals surface area contributed by atoms with Gasteiger partial charge in [-0.05, 0) is 29.7 Å². The predicted molar refractivity (Wildman–Crippen MR) is 100 cm³/mol.